The fourth-order valence-electron chi connectivity index (χ4n) is 2.04. The second kappa shape index (κ2) is 6.49. The molecule has 0 radical (unpaired) electrons. The van der Waals surface area contributed by atoms with Crippen LogP contribution in [0.5, 0.6) is 5.88 Å². The minimum atomic E-state index is -0.345. The molecule has 0 spiro atoms. The van der Waals surface area contributed by atoms with E-state index in [1.165, 1.54) is 6.07 Å². The van der Waals surface area contributed by atoms with E-state index in [1.807, 2.05) is 6.07 Å². The molecule has 20 heavy (non-hydrogen) atoms. The molecule has 108 valence electrons. The monoisotopic (exact) mass is 278 g/mol. The Balaban J connectivity index is 2.39. The third-order valence-electron chi connectivity index (χ3n) is 3.13. The van der Waals surface area contributed by atoms with Gasteiger partial charge in [-0.25, -0.2) is 0 Å². The normalized spacial score (nSPS) is 11.2. The van der Waals surface area contributed by atoms with E-state index in [4.69, 9.17) is 14.2 Å². The van der Waals surface area contributed by atoms with Gasteiger partial charge in [-0.1, -0.05) is 0 Å². The molecule has 0 amide bonds. The smallest absolute Gasteiger partial charge is 0.252 e. The topological polar surface area (TPSA) is 62.6 Å². The van der Waals surface area contributed by atoms with Crippen molar-refractivity contribution in [2.45, 2.75) is 19.3 Å². The fraction of sp³-hybridized carbons (Fsp3) is 0.429. The third kappa shape index (κ3) is 2.97. The standard InChI is InChI=1S/C14H18N2O4/c1-18-11-6-4-10-5-7-12(17)16(14(10)15-11)9-8-13(19-2)20-3/h4-7,13H,8-9H2,1-3H3. The number of rotatable bonds is 6. The van der Waals surface area contributed by atoms with Crippen molar-refractivity contribution in [3.05, 3.63) is 34.6 Å². The molecule has 0 aliphatic rings. The van der Waals surface area contributed by atoms with Crippen molar-refractivity contribution in [1.29, 1.82) is 0 Å². The first-order valence-electron chi connectivity index (χ1n) is 6.29. The summed E-state index contributed by atoms with van der Waals surface area (Å²) < 4.78 is 17.0. The van der Waals surface area contributed by atoms with E-state index in [1.54, 1.807) is 38.0 Å². The Hall–Kier alpha value is -1.92. The van der Waals surface area contributed by atoms with Gasteiger partial charge in [0.15, 0.2) is 6.29 Å². The van der Waals surface area contributed by atoms with Crippen molar-refractivity contribution in [3.63, 3.8) is 0 Å². The number of fused-ring (bicyclic) bond motifs is 1. The van der Waals surface area contributed by atoms with Crippen LogP contribution in [0.1, 0.15) is 6.42 Å². The van der Waals surface area contributed by atoms with Gasteiger partial charge in [-0.05, 0) is 12.1 Å². The molecule has 0 atom stereocenters. The summed E-state index contributed by atoms with van der Waals surface area (Å²) in [6.45, 7) is 0.461. The van der Waals surface area contributed by atoms with Crippen LogP contribution in [-0.2, 0) is 16.0 Å². The van der Waals surface area contributed by atoms with Gasteiger partial charge in [0.1, 0.15) is 5.65 Å². The molecule has 0 fully saturated rings. The molecule has 2 rings (SSSR count). The maximum absolute atomic E-state index is 12.0. The van der Waals surface area contributed by atoms with Crippen LogP contribution in [0.15, 0.2) is 29.1 Å². The molecule has 0 bridgehead atoms. The molecule has 0 unspecified atom stereocenters. The number of hydrogen-bond acceptors (Lipinski definition) is 5. The predicted octanol–water partition coefficient (Wildman–Crippen LogP) is 1.41. The second-order valence-corrected chi connectivity index (χ2v) is 4.28. The van der Waals surface area contributed by atoms with Crippen LogP contribution in [-0.4, -0.2) is 37.2 Å². The summed E-state index contributed by atoms with van der Waals surface area (Å²) in [5.41, 5.74) is 0.493. The van der Waals surface area contributed by atoms with E-state index in [0.717, 1.165) is 5.39 Å². The fourth-order valence-corrected chi connectivity index (χ4v) is 2.04. The Labute approximate surface area is 116 Å². The summed E-state index contributed by atoms with van der Waals surface area (Å²) >= 11 is 0. The molecule has 0 saturated heterocycles. The second-order valence-electron chi connectivity index (χ2n) is 4.28. The van der Waals surface area contributed by atoms with E-state index in [-0.39, 0.29) is 11.8 Å². The van der Waals surface area contributed by atoms with Crippen LogP contribution in [0, 0.1) is 0 Å². The maximum atomic E-state index is 12.0. The van der Waals surface area contributed by atoms with Crippen molar-refractivity contribution < 1.29 is 14.2 Å². The minimum Gasteiger partial charge on any atom is -0.481 e. The maximum Gasteiger partial charge on any atom is 0.252 e. The van der Waals surface area contributed by atoms with Gasteiger partial charge in [-0.15, -0.1) is 0 Å². The largest absolute Gasteiger partial charge is 0.481 e. The highest BCUT2D eigenvalue weighted by Gasteiger charge is 2.10. The molecule has 6 heteroatoms. The molecule has 0 aromatic carbocycles. The van der Waals surface area contributed by atoms with Gasteiger partial charge >= 0.3 is 0 Å². The number of pyridine rings is 2. The lowest BCUT2D eigenvalue weighted by Crippen LogP contribution is -2.24. The lowest BCUT2D eigenvalue weighted by atomic mass is 10.2. The quantitative estimate of drug-likeness (QED) is 0.748. The molecule has 2 heterocycles. The Morgan fingerprint density at radius 1 is 1.15 bits per heavy atom. The number of methoxy groups -OCH3 is 3. The molecule has 6 nitrogen and oxygen atoms in total. The van der Waals surface area contributed by atoms with Crippen molar-refractivity contribution in [2.24, 2.45) is 0 Å². The Bertz CT molecular complexity index is 635. The van der Waals surface area contributed by atoms with Crippen molar-refractivity contribution >= 4 is 11.0 Å². The Morgan fingerprint density at radius 3 is 2.50 bits per heavy atom. The van der Waals surface area contributed by atoms with Crippen molar-refractivity contribution in [2.75, 3.05) is 21.3 Å². The number of nitrogens with zero attached hydrogens (tertiary/aromatic N) is 2. The number of aromatic nitrogens is 2. The van der Waals surface area contributed by atoms with E-state index < -0.39 is 0 Å². The predicted molar refractivity (Wildman–Crippen MR) is 75.0 cm³/mol. The molecule has 0 aliphatic heterocycles. The summed E-state index contributed by atoms with van der Waals surface area (Å²) in [4.78, 5) is 16.4. The molecular formula is C14H18N2O4. The number of ether oxygens (including phenoxy) is 3. The Morgan fingerprint density at radius 2 is 1.85 bits per heavy atom. The van der Waals surface area contributed by atoms with Gasteiger partial charge in [0.25, 0.3) is 5.56 Å². The van der Waals surface area contributed by atoms with Gasteiger partial charge in [-0.3, -0.25) is 9.36 Å². The van der Waals surface area contributed by atoms with Crippen LogP contribution in [0.25, 0.3) is 11.0 Å². The van der Waals surface area contributed by atoms with E-state index >= 15 is 0 Å². The van der Waals surface area contributed by atoms with Gasteiger partial charge in [0.2, 0.25) is 5.88 Å². The number of hydrogen-bond donors (Lipinski definition) is 0. The van der Waals surface area contributed by atoms with Crippen LogP contribution in [0.3, 0.4) is 0 Å². The summed E-state index contributed by atoms with van der Waals surface area (Å²) in [6.07, 6.45) is 0.216. The lowest BCUT2D eigenvalue weighted by molar-refractivity contribution is -0.107. The van der Waals surface area contributed by atoms with Gasteiger partial charge in [0.05, 0.1) is 7.11 Å². The highest BCUT2D eigenvalue weighted by atomic mass is 16.7. The zero-order valence-corrected chi connectivity index (χ0v) is 11.8. The first-order chi connectivity index (χ1) is 9.69. The summed E-state index contributed by atoms with van der Waals surface area (Å²) in [6, 6.07) is 6.93. The molecular weight excluding hydrogens is 260 g/mol. The highest BCUT2D eigenvalue weighted by Crippen LogP contribution is 2.15. The van der Waals surface area contributed by atoms with Crippen molar-refractivity contribution in [1.82, 2.24) is 9.55 Å². The molecule has 2 aromatic heterocycles. The van der Waals surface area contributed by atoms with Crippen molar-refractivity contribution in [3.8, 4) is 5.88 Å². The van der Waals surface area contributed by atoms with E-state index in [9.17, 15) is 4.79 Å². The molecule has 0 aliphatic carbocycles. The highest BCUT2D eigenvalue weighted by molar-refractivity contribution is 5.75. The minimum absolute atomic E-state index is 0.107. The summed E-state index contributed by atoms with van der Waals surface area (Å²) in [5.74, 6) is 0.479. The van der Waals surface area contributed by atoms with E-state index in [0.29, 0.717) is 24.5 Å². The zero-order chi connectivity index (χ0) is 14.5. The zero-order valence-electron chi connectivity index (χ0n) is 11.8. The van der Waals surface area contributed by atoms with Gasteiger partial charge < -0.3 is 14.2 Å². The summed E-state index contributed by atoms with van der Waals surface area (Å²) in [7, 11) is 4.69. The van der Waals surface area contributed by atoms with Gasteiger partial charge in [-0.2, -0.15) is 4.98 Å². The third-order valence-corrected chi connectivity index (χ3v) is 3.13. The average Bonchev–Trinajstić information content (AvgIpc) is 2.49. The molecule has 0 N–H and O–H groups in total. The average molecular weight is 278 g/mol. The van der Waals surface area contributed by atoms with Gasteiger partial charge in [0, 0.05) is 44.7 Å². The number of aryl methyl sites for hydroxylation is 1. The Kier molecular flexibility index (Phi) is 4.70. The SMILES string of the molecule is COc1ccc2ccc(=O)n(CCC(OC)OC)c2n1. The van der Waals surface area contributed by atoms with Crippen LogP contribution < -0.4 is 10.3 Å². The van der Waals surface area contributed by atoms with Crippen LogP contribution in [0.4, 0.5) is 0 Å². The lowest BCUT2D eigenvalue weighted by Gasteiger charge is -2.15. The van der Waals surface area contributed by atoms with Crippen LogP contribution in [0.2, 0.25) is 0 Å². The van der Waals surface area contributed by atoms with E-state index in [2.05, 4.69) is 4.98 Å². The summed E-state index contributed by atoms with van der Waals surface area (Å²) in [5, 5.41) is 0.886. The van der Waals surface area contributed by atoms with Crippen LogP contribution >= 0.6 is 0 Å². The first-order valence-corrected chi connectivity index (χ1v) is 6.29. The molecule has 2 aromatic rings. The first kappa shape index (κ1) is 14.5. The molecule has 0 saturated carbocycles.